The van der Waals surface area contributed by atoms with Gasteiger partial charge in [-0.1, -0.05) is 19.3 Å². The molecular formula is C15H17NO3S. The fourth-order valence-electron chi connectivity index (χ4n) is 3.02. The lowest BCUT2D eigenvalue weighted by molar-refractivity contribution is -0.126. The van der Waals surface area contributed by atoms with Gasteiger partial charge >= 0.3 is 5.97 Å². The minimum absolute atomic E-state index is 0.0611. The summed E-state index contributed by atoms with van der Waals surface area (Å²) >= 11 is 1.66. The van der Waals surface area contributed by atoms with Crippen LogP contribution in [0, 0.1) is 5.41 Å². The maximum Gasteiger partial charge on any atom is 0.335 e. The highest BCUT2D eigenvalue weighted by Crippen LogP contribution is 2.45. The van der Waals surface area contributed by atoms with Crippen LogP contribution in [0.1, 0.15) is 42.5 Å². The smallest absolute Gasteiger partial charge is 0.335 e. The van der Waals surface area contributed by atoms with Crippen molar-refractivity contribution in [2.75, 3.05) is 11.1 Å². The van der Waals surface area contributed by atoms with Crippen molar-refractivity contribution in [3.8, 4) is 0 Å². The lowest BCUT2D eigenvalue weighted by Gasteiger charge is -2.33. The van der Waals surface area contributed by atoms with Crippen molar-refractivity contribution in [3.63, 3.8) is 0 Å². The SMILES string of the molecule is O=C(O)c1ccc2c(c1)NC(=O)C1(CCCCC1)CS2. The van der Waals surface area contributed by atoms with Crippen molar-refractivity contribution in [2.24, 2.45) is 5.41 Å². The van der Waals surface area contributed by atoms with Gasteiger partial charge in [0.2, 0.25) is 5.91 Å². The van der Waals surface area contributed by atoms with Crippen LogP contribution in [0.5, 0.6) is 0 Å². The molecule has 4 nitrogen and oxygen atoms in total. The van der Waals surface area contributed by atoms with Gasteiger partial charge in [-0.2, -0.15) is 0 Å². The molecule has 20 heavy (non-hydrogen) atoms. The first kappa shape index (κ1) is 13.5. The predicted octanol–water partition coefficient (Wildman–Crippen LogP) is 3.38. The van der Waals surface area contributed by atoms with E-state index in [4.69, 9.17) is 5.11 Å². The van der Waals surface area contributed by atoms with E-state index >= 15 is 0 Å². The maximum absolute atomic E-state index is 12.6. The summed E-state index contributed by atoms with van der Waals surface area (Å²) in [5, 5.41) is 12.0. The first-order chi connectivity index (χ1) is 9.61. The molecule has 2 N–H and O–H groups in total. The summed E-state index contributed by atoms with van der Waals surface area (Å²) in [6.07, 6.45) is 5.28. The van der Waals surface area contributed by atoms with Crippen LogP contribution in [0.2, 0.25) is 0 Å². The Morgan fingerprint density at radius 3 is 2.70 bits per heavy atom. The van der Waals surface area contributed by atoms with Crippen molar-refractivity contribution in [1.29, 1.82) is 0 Å². The van der Waals surface area contributed by atoms with E-state index < -0.39 is 5.97 Å². The molecule has 5 heteroatoms. The summed E-state index contributed by atoms with van der Waals surface area (Å²) < 4.78 is 0. The van der Waals surface area contributed by atoms with E-state index in [-0.39, 0.29) is 16.9 Å². The molecule has 0 aromatic heterocycles. The largest absolute Gasteiger partial charge is 0.478 e. The summed E-state index contributed by atoms with van der Waals surface area (Å²) in [4.78, 5) is 24.6. The number of carboxylic acids is 1. The third-order valence-electron chi connectivity index (χ3n) is 4.27. The Balaban J connectivity index is 1.92. The molecule has 0 unspecified atom stereocenters. The molecule has 1 saturated carbocycles. The van der Waals surface area contributed by atoms with Gasteiger partial charge in [0.05, 0.1) is 16.7 Å². The molecule has 0 radical (unpaired) electrons. The summed E-state index contributed by atoms with van der Waals surface area (Å²) in [7, 11) is 0. The Bertz CT molecular complexity index is 564. The van der Waals surface area contributed by atoms with Gasteiger partial charge in [-0.3, -0.25) is 4.79 Å². The number of benzene rings is 1. The minimum atomic E-state index is -0.969. The van der Waals surface area contributed by atoms with E-state index in [0.29, 0.717) is 5.69 Å². The molecule has 0 bridgehead atoms. The molecule has 1 fully saturated rings. The Hall–Kier alpha value is -1.49. The topological polar surface area (TPSA) is 66.4 Å². The quantitative estimate of drug-likeness (QED) is 0.832. The standard InChI is InChI=1S/C15H17NO3S/c17-13(18)10-4-5-12-11(8-10)16-14(19)15(9-20-12)6-2-1-3-7-15/h4-5,8H,1-3,6-7,9H2,(H,16,19)(H,17,18). The van der Waals surface area contributed by atoms with E-state index in [9.17, 15) is 9.59 Å². The average molecular weight is 291 g/mol. The molecule has 1 aromatic carbocycles. The molecular weight excluding hydrogens is 274 g/mol. The van der Waals surface area contributed by atoms with Gasteiger partial charge in [-0.25, -0.2) is 4.79 Å². The van der Waals surface area contributed by atoms with Crippen molar-refractivity contribution in [3.05, 3.63) is 23.8 Å². The summed E-state index contributed by atoms with van der Waals surface area (Å²) in [6.45, 7) is 0. The summed E-state index contributed by atoms with van der Waals surface area (Å²) in [6, 6.07) is 4.95. The first-order valence-electron chi connectivity index (χ1n) is 6.92. The lowest BCUT2D eigenvalue weighted by Crippen LogP contribution is -2.39. The highest BCUT2D eigenvalue weighted by Gasteiger charge is 2.41. The zero-order valence-electron chi connectivity index (χ0n) is 11.1. The van der Waals surface area contributed by atoms with E-state index in [1.54, 1.807) is 30.0 Å². The van der Waals surface area contributed by atoms with Crippen LogP contribution in [-0.4, -0.2) is 22.7 Å². The van der Waals surface area contributed by atoms with Crippen LogP contribution < -0.4 is 5.32 Å². The number of fused-ring (bicyclic) bond motifs is 1. The van der Waals surface area contributed by atoms with Crippen LogP contribution >= 0.6 is 11.8 Å². The number of carbonyl (C=O) groups is 2. The fourth-order valence-corrected chi connectivity index (χ4v) is 4.30. The second-order valence-electron chi connectivity index (χ2n) is 5.60. The zero-order valence-corrected chi connectivity index (χ0v) is 12.0. The van der Waals surface area contributed by atoms with Gasteiger partial charge in [0.1, 0.15) is 0 Å². The van der Waals surface area contributed by atoms with E-state index in [1.165, 1.54) is 6.42 Å². The lowest BCUT2D eigenvalue weighted by atomic mass is 9.75. The number of carbonyl (C=O) groups excluding carboxylic acids is 1. The third kappa shape index (κ3) is 2.30. The van der Waals surface area contributed by atoms with Crippen LogP contribution in [-0.2, 0) is 4.79 Å². The summed E-state index contributed by atoms with van der Waals surface area (Å²) in [5.74, 6) is -0.118. The molecule has 106 valence electrons. The highest BCUT2D eigenvalue weighted by molar-refractivity contribution is 7.99. The highest BCUT2D eigenvalue weighted by atomic mass is 32.2. The maximum atomic E-state index is 12.6. The van der Waals surface area contributed by atoms with Crippen molar-refractivity contribution < 1.29 is 14.7 Å². The molecule has 1 heterocycles. The van der Waals surface area contributed by atoms with Gasteiger partial charge < -0.3 is 10.4 Å². The number of rotatable bonds is 1. The van der Waals surface area contributed by atoms with Gasteiger partial charge in [-0.05, 0) is 31.0 Å². The molecule has 2 aliphatic rings. The van der Waals surface area contributed by atoms with Gasteiger partial charge in [0.25, 0.3) is 0 Å². The fraction of sp³-hybridized carbons (Fsp3) is 0.467. The molecule has 1 aliphatic heterocycles. The number of aromatic carboxylic acids is 1. The van der Waals surface area contributed by atoms with Crippen molar-refractivity contribution in [2.45, 2.75) is 37.0 Å². The van der Waals surface area contributed by atoms with Gasteiger partial charge in [-0.15, -0.1) is 11.8 Å². The Kier molecular flexibility index (Phi) is 3.46. The number of carboxylic acid groups (broad SMARTS) is 1. The second-order valence-corrected chi connectivity index (χ2v) is 6.62. The normalized spacial score (nSPS) is 20.9. The minimum Gasteiger partial charge on any atom is -0.478 e. The number of hydrogen-bond donors (Lipinski definition) is 2. The number of anilines is 1. The average Bonchev–Trinajstić information content (AvgIpc) is 2.58. The molecule has 0 atom stereocenters. The molecule has 0 saturated heterocycles. The molecule has 1 spiro atoms. The number of amides is 1. The Morgan fingerprint density at radius 2 is 2.00 bits per heavy atom. The number of nitrogens with one attached hydrogen (secondary N) is 1. The monoisotopic (exact) mass is 291 g/mol. The number of hydrogen-bond acceptors (Lipinski definition) is 3. The van der Waals surface area contributed by atoms with Crippen LogP contribution in [0.15, 0.2) is 23.1 Å². The second kappa shape index (κ2) is 5.13. The van der Waals surface area contributed by atoms with Gasteiger partial charge in [0.15, 0.2) is 0 Å². The van der Waals surface area contributed by atoms with E-state index in [1.807, 2.05) is 0 Å². The predicted molar refractivity (Wildman–Crippen MR) is 78.3 cm³/mol. The van der Waals surface area contributed by atoms with E-state index in [0.717, 1.165) is 36.3 Å². The molecule has 3 rings (SSSR count). The Morgan fingerprint density at radius 1 is 1.25 bits per heavy atom. The molecule has 1 aliphatic carbocycles. The first-order valence-corrected chi connectivity index (χ1v) is 7.91. The van der Waals surface area contributed by atoms with Crippen LogP contribution in [0.3, 0.4) is 0 Å². The summed E-state index contributed by atoms with van der Waals surface area (Å²) in [5.41, 5.74) is 0.581. The number of thioether (sulfide) groups is 1. The Labute approximate surface area is 121 Å². The van der Waals surface area contributed by atoms with Gasteiger partial charge in [0, 0.05) is 10.6 Å². The van der Waals surface area contributed by atoms with E-state index in [2.05, 4.69) is 5.32 Å². The van der Waals surface area contributed by atoms with Crippen molar-refractivity contribution >= 4 is 29.3 Å². The molecule has 1 amide bonds. The molecule has 1 aromatic rings. The van der Waals surface area contributed by atoms with Crippen molar-refractivity contribution in [1.82, 2.24) is 0 Å². The van der Waals surface area contributed by atoms with Crippen LogP contribution in [0.25, 0.3) is 0 Å². The van der Waals surface area contributed by atoms with Crippen LogP contribution in [0.4, 0.5) is 5.69 Å². The third-order valence-corrected chi connectivity index (χ3v) is 5.63. The zero-order chi connectivity index (χ0) is 14.2.